The van der Waals surface area contributed by atoms with E-state index in [0.717, 1.165) is 34.9 Å². The zero-order valence-electron chi connectivity index (χ0n) is 16.7. The fraction of sp³-hybridized carbons (Fsp3) is 0.333. The number of aromatic nitrogens is 2. The van der Waals surface area contributed by atoms with Crippen LogP contribution in [0.3, 0.4) is 0 Å². The van der Waals surface area contributed by atoms with Crippen LogP contribution in [0.2, 0.25) is 5.02 Å². The van der Waals surface area contributed by atoms with Gasteiger partial charge in [0, 0.05) is 41.1 Å². The van der Waals surface area contributed by atoms with Crippen molar-refractivity contribution in [3.63, 3.8) is 0 Å². The van der Waals surface area contributed by atoms with E-state index in [1.54, 1.807) is 6.20 Å². The number of anilines is 1. The van der Waals surface area contributed by atoms with Gasteiger partial charge in [-0.3, -0.25) is 4.98 Å². The molecule has 2 aromatic heterocycles. The smallest absolute Gasteiger partial charge is 0.208 e. The second-order valence-corrected chi connectivity index (χ2v) is 10.0. The van der Waals surface area contributed by atoms with Gasteiger partial charge in [-0.05, 0) is 49.3 Å². The van der Waals surface area contributed by atoms with Crippen molar-refractivity contribution in [2.24, 2.45) is 0 Å². The van der Waals surface area contributed by atoms with Crippen LogP contribution in [0.25, 0.3) is 26.9 Å². The predicted octanol–water partition coefficient (Wildman–Crippen LogP) is 4.44. The Morgan fingerprint density at radius 3 is 2.77 bits per heavy atom. The number of nitrogens with two attached hydrogens (primary N) is 1. The van der Waals surface area contributed by atoms with Crippen LogP contribution in [0.15, 0.2) is 30.7 Å². The molecule has 0 unspecified atom stereocenters. The highest BCUT2D eigenvalue weighted by Crippen LogP contribution is 2.42. The molecular formula is C21H22ClN5O2S. The molecule has 0 radical (unpaired) electrons. The van der Waals surface area contributed by atoms with Crippen LogP contribution in [-0.4, -0.2) is 30.3 Å². The number of sulfonamides is 1. The van der Waals surface area contributed by atoms with Crippen LogP contribution >= 0.6 is 11.6 Å². The first kappa shape index (κ1) is 20.7. The van der Waals surface area contributed by atoms with Crippen LogP contribution in [0.1, 0.15) is 30.9 Å². The third-order valence-electron chi connectivity index (χ3n) is 5.65. The first-order chi connectivity index (χ1) is 14.2. The summed E-state index contributed by atoms with van der Waals surface area (Å²) in [6, 6.07) is 3.93. The molecule has 1 aliphatic rings. The molecule has 0 bridgehead atoms. The third kappa shape index (κ3) is 3.76. The van der Waals surface area contributed by atoms with Crippen LogP contribution in [0.5, 0.6) is 0 Å². The van der Waals surface area contributed by atoms with Crippen LogP contribution in [-0.2, 0) is 10.0 Å². The molecular weight excluding hydrogens is 422 g/mol. The number of nitrogen functional groups attached to an aromatic ring is 1. The summed E-state index contributed by atoms with van der Waals surface area (Å²) in [7, 11) is -3.25. The van der Waals surface area contributed by atoms with E-state index in [-0.39, 0.29) is 12.1 Å². The predicted molar refractivity (Wildman–Crippen MR) is 120 cm³/mol. The van der Waals surface area contributed by atoms with Gasteiger partial charge >= 0.3 is 0 Å². The number of pyridine rings is 1. The van der Waals surface area contributed by atoms with Crippen molar-refractivity contribution in [1.82, 2.24) is 14.3 Å². The lowest BCUT2D eigenvalue weighted by Crippen LogP contribution is -2.32. The van der Waals surface area contributed by atoms with Crippen LogP contribution in [0.4, 0.5) is 11.4 Å². The molecule has 1 fully saturated rings. The SMILES string of the molecule is [C-]#[N+]c1cc2c(-c3cncc(N)c3Cl)cn([C@H]3CC[C@H](NS(C)(=O)=O)C3)c2cc1C. The number of hydrogen-bond acceptors (Lipinski definition) is 4. The number of hydrogen-bond donors (Lipinski definition) is 2. The topological polar surface area (TPSA) is 94.4 Å². The Bertz CT molecular complexity index is 1290. The Hall–Kier alpha value is -2.60. The number of fused-ring (bicyclic) bond motifs is 1. The lowest BCUT2D eigenvalue weighted by atomic mass is 10.0. The van der Waals surface area contributed by atoms with Gasteiger partial charge in [0.1, 0.15) is 0 Å². The van der Waals surface area contributed by atoms with E-state index in [1.165, 1.54) is 12.5 Å². The third-order valence-corrected chi connectivity index (χ3v) is 6.83. The summed E-state index contributed by atoms with van der Waals surface area (Å²) in [4.78, 5) is 7.84. The highest BCUT2D eigenvalue weighted by molar-refractivity contribution is 7.88. The Balaban J connectivity index is 1.86. The first-order valence-corrected chi connectivity index (χ1v) is 11.8. The Kier molecular flexibility index (Phi) is 5.22. The zero-order valence-corrected chi connectivity index (χ0v) is 18.3. The van der Waals surface area contributed by atoms with Gasteiger partial charge in [0.2, 0.25) is 10.0 Å². The van der Waals surface area contributed by atoms with Gasteiger partial charge in [-0.2, -0.15) is 0 Å². The number of nitrogens with one attached hydrogen (secondary N) is 1. The molecule has 2 atom stereocenters. The maximum atomic E-state index is 11.6. The molecule has 0 saturated heterocycles. The molecule has 3 aromatic rings. The highest BCUT2D eigenvalue weighted by Gasteiger charge is 2.29. The molecule has 9 heteroatoms. The molecule has 4 rings (SSSR count). The van der Waals surface area contributed by atoms with Crippen molar-refractivity contribution >= 4 is 43.9 Å². The number of nitrogens with zero attached hydrogens (tertiary/aromatic N) is 3. The van der Waals surface area contributed by atoms with Gasteiger partial charge in [-0.15, -0.1) is 0 Å². The quantitative estimate of drug-likeness (QED) is 0.583. The van der Waals surface area contributed by atoms with Crippen molar-refractivity contribution in [2.75, 3.05) is 12.0 Å². The van der Waals surface area contributed by atoms with Crippen molar-refractivity contribution in [1.29, 1.82) is 0 Å². The lowest BCUT2D eigenvalue weighted by molar-refractivity contribution is 0.511. The highest BCUT2D eigenvalue weighted by atomic mass is 35.5. The molecule has 0 spiro atoms. The van der Waals surface area contributed by atoms with E-state index in [9.17, 15) is 8.42 Å². The first-order valence-electron chi connectivity index (χ1n) is 9.57. The summed E-state index contributed by atoms with van der Waals surface area (Å²) >= 11 is 6.49. The Morgan fingerprint density at radius 2 is 2.07 bits per heavy atom. The summed E-state index contributed by atoms with van der Waals surface area (Å²) < 4.78 is 28.2. The van der Waals surface area contributed by atoms with E-state index in [0.29, 0.717) is 28.4 Å². The second kappa shape index (κ2) is 7.58. The van der Waals surface area contributed by atoms with Gasteiger partial charge < -0.3 is 10.3 Å². The second-order valence-electron chi connectivity index (χ2n) is 7.86. The van der Waals surface area contributed by atoms with Gasteiger partial charge in [0.25, 0.3) is 0 Å². The fourth-order valence-electron chi connectivity index (χ4n) is 4.29. The standard InChI is InChI=1S/C21H22ClN5O2S/c1-12-6-20-15(8-19(12)24-2)17(16-9-25-10-18(23)21(16)22)11-27(20)14-5-4-13(7-14)26-30(3,28)29/h6,8-11,13-14,26H,4-5,7,23H2,1,3H3/t13-,14-/m0/s1. The molecule has 2 heterocycles. The number of aryl methyl sites for hydroxylation is 1. The van der Waals surface area contributed by atoms with Gasteiger partial charge in [-0.1, -0.05) is 11.6 Å². The van der Waals surface area contributed by atoms with E-state index in [2.05, 4.69) is 19.1 Å². The summed E-state index contributed by atoms with van der Waals surface area (Å²) in [6.45, 7) is 9.41. The monoisotopic (exact) mass is 443 g/mol. The minimum absolute atomic E-state index is 0.0906. The summed E-state index contributed by atoms with van der Waals surface area (Å²) in [5.41, 5.74) is 10.4. The maximum absolute atomic E-state index is 11.6. The molecule has 7 nitrogen and oxygen atoms in total. The van der Waals surface area contributed by atoms with Gasteiger partial charge in [0.15, 0.2) is 5.69 Å². The minimum atomic E-state index is -3.25. The Labute approximate surface area is 180 Å². The van der Waals surface area contributed by atoms with E-state index in [1.807, 2.05) is 25.3 Å². The molecule has 1 aromatic carbocycles. The van der Waals surface area contributed by atoms with E-state index in [4.69, 9.17) is 23.9 Å². The average molecular weight is 444 g/mol. The number of benzene rings is 1. The summed E-state index contributed by atoms with van der Waals surface area (Å²) in [5.74, 6) is 0. The average Bonchev–Trinajstić information content (AvgIpc) is 3.26. The number of rotatable bonds is 4. The van der Waals surface area contributed by atoms with Crippen molar-refractivity contribution < 1.29 is 8.42 Å². The van der Waals surface area contributed by atoms with Crippen LogP contribution in [0, 0.1) is 13.5 Å². The minimum Gasteiger partial charge on any atom is -0.396 e. The summed E-state index contributed by atoms with van der Waals surface area (Å²) in [5, 5.41) is 1.33. The van der Waals surface area contributed by atoms with Crippen LogP contribution < -0.4 is 10.5 Å². The van der Waals surface area contributed by atoms with E-state index < -0.39 is 10.0 Å². The van der Waals surface area contributed by atoms with Crippen molar-refractivity contribution in [3.05, 3.63) is 52.7 Å². The number of halogens is 1. The lowest BCUT2D eigenvalue weighted by Gasteiger charge is -2.15. The molecule has 30 heavy (non-hydrogen) atoms. The zero-order chi connectivity index (χ0) is 21.6. The molecule has 1 saturated carbocycles. The fourth-order valence-corrected chi connectivity index (χ4v) is 5.31. The Morgan fingerprint density at radius 1 is 1.30 bits per heavy atom. The van der Waals surface area contributed by atoms with Gasteiger partial charge in [0.05, 0.1) is 29.7 Å². The largest absolute Gasteiger partial charge is 0.396 e. The summed E-state index contributed by atoms with van der Waals surface area (Å²) in [6.07, 6.45) is 8.72. The van der Waals surface area contributed by atoms with Crippen molar-refractivity contribution in [3.8, 4) is 11.1 Å². The molecule has 0 aliphatic heterocycles. The normalized spacial score (nSPS) is 19.3. The molecule has 1 aliphatic carbocycles. The van der Waals surface area contributed by atoms with E-state index >= 15 is 0 Å². The maximum Gasteiger partial charge on any atom is 0.208 e. The molecule has 156 valence electrons. The molecule has 0 amide bonds. The van der Waals surface area contributed by atoms with Gasteiger partial charge in [-0.25, -0.2) is 18.0 Å². The van der Waals surface area contributed by atoms with Crippen molar-refractivity contribution in [2.45, 2.75) is 38.3 Å². The molecule has 3 N–H and O–H groups in total.